The van der Waals surface area contributed by atoms with Crippen molar-refractivity contribution in [1.29, 1.82) is 0 Å². The Hall–Kier alpha value is -1.46. The molecule has 1 spiro atoms. The molecule has 3 fully saturated rings. The highest BCUT2D eigenvalue weighted by Crippen LogP contribution is 2.44. The van der Waals surface area contributed by atoms with E-state index in [0.29, 0.717) is 26.3 Å². The lowest BCUT2D eigenvalue weighted by Gasteiger charge is -2.41. The molecule has 4 rings (SSSR count). The molecule has 2 saturated heterocycles. The number of halogens is 1. The summed E-state index contributed by atoms with van der Waals surface area (Å²) in [5.74, 6) is -0.589. The zero-order valence-corrected chi connectivity index (χ0v) is 13.9. The summed E-state index contributed by atoms with van der Waals surface area (Å²) in [7, 11) is 0. The smallest absolute Gasteiger partial charge is 0.233 e. The summed E-state index contributed by atoms with van der Waals surface area (Å²) >= 11 is 0. The first-order valence-corrected chi connectivity index (χ1v) is 8.97. The number of carbonyl (C=O) groups excluding carboxylic acids is 1. The van der Waals surface area contributed by atoms with Crippen LogP contribution in [0.25, 0.3) is 0 Å². The van der Waals surface area contributed by atoms with Gasteiger partial charge in [-0.1, -0.05) is 25.0 Å². The molecule has 1 aliphatic carbocycles. The molecule has 1 saturated carbocycles. The van der Waals surface area contributed by atoms with Crippen LogP contribution in [0, 0.1) is 5.82 Å². The Balaban J connectivity index is 1.55. The maximum Gasteiger partial charge on any atom is 0.233 e. The van der Waals surface area contributed by atoms with Crippen LogP contribution < -0.4 is 0 Å². The van der Waals surface area contributed by atoms with Crippen LogP contribution in [-0.4, -0.2) is 42.9 Å². The molecule has 0 atom stereocenters. The average molecular weight is 333 g/mol. The summed E-state index contributed by atoms with van der Waals surface area (Å²) in [4.78, 5) is 15.3. The van der Waals surface area contributed by atoms with Gasteiger partial charge in [-0.3, -0.25) is 4.79 Å². The summed E-state index contributed by atoms with van der Waals surface area (Å²) in [6.07, 6.45) is 5.10. The molecule has 130 valence electrons. The number of piperidine rings is 1. The largest absolute Gasteiger partial charge is 0.347 e. The topological polar surface area (TPSA) is 38.8 Å². The van der Waals surface area contributed by atoms with Gasteiger partial charge >= 0.3 is 0 Å². The van der Waals surface area contributed by atoms with Gasteiger partial charge in [0.15, 0.2) is 5.79 Å². The number of rotatable bonds is 2. The SMILES string of the molecule is O=C(N1CCC2(CC1)OCCO2)C1(c2cccc(F)c2)CCCC1. The number of hydrogen-bond donors (Lipinski definition) is 0. The summed E-state index contributed by atoms with van der Waals surface area (Å²) in [6, 6.07) is 6.60. The molecule has 0 radical (unpaired) electrons. The van der Waals surface area contributed by atoms with Gasteiger partial charge in [0.1, 0.15) is 5.82 Å². The molecule has 0 aromatic heterocycles. The van der Waals surface area contributed by atoms with E-state index in [2.05, 4.69) is 0 Å². The third-order valence-corrected chi connectivity index (χ3v) is 5.87. The third-order valence-electron chi connectivity index (χ3n) is 5.87. The van der Waals surface area contributed by atoms with E-state index >= 15 is 0 Å². The van der Waals surface area contributed by atoms with Gasteiger partial charge in [0.2, 0.25) is 5.91 Å². The summed E-state index contributed by atoms with van der Waals surface area (Å²) in [5, 5.41) is 0. The van der Waals surface area contributed by atoms with E-state index < -0.39 is 11.2 Å². The maximum absolute atomic E-state index is 13.7. The van der Waals surface area contributed by atoms with Crippen molar-refractivity contribution < 1.29 is 18.7 Å². The van der Waals surface area contributed by atoms with Crippen LogP contribution in [0.5, 0.6) is 0 Å². The number of benzene rings is 1. The molecule has 24 heavy (non-hydrogen) atoms. The lowest BCUT2D eigenvalue weighted by Crippen LogP contribution is -2.52. The standard InChI is InChI=1S/C19H24FNO3/c20-16-5-3-4-15(14-16)18(6-1-2-7-18)17(22)21-10-8-19(9-11-21)23-12-13-24-19/h3-5,14H,1-2,6-13H2. The Kier molecular flexibility index (Phi) is 4.09. The van der Waals surface area contributed by atoms with Crippen LogP contribution in [0.15, 0.2) is 24.3 Å². The maximum atomic E-state index is 13.7. The van der Waals surface area contributed by atoms with Crippen LogP contribution in [0.3, 0.4) is 0 Å². The first-order chi connectivity index (χ1) is 11.6. The van der Waals surface area contributed by atoms with Crippen LogP contribution in [0.1, 0.15) is 44.1 Å². The predicted octanol–water partition coefficient (Wildman–Crippen LogP) is 3.00. The molecule has 2 heterocycles. The van der Waals surface area contributed by atoms with E-state index in [1.807, 2.05) is 11.0 Å². The fraction of sp³-hybridized carbons (Fsp3) is 0.632. The second-order valence-corrected chi connectivity index (χ2v) is 7.20. The van der Waals surface area contributed by atoms with E-state index in [0.717, 1.165) is 44.1 Å². The summed E-state index contributed by atoms with van der Waals surface area (Å²) in [5.41, 5.74) is 0.280. The molecule has 4 nitrogen and oxygen atoms in total. The number of hydrogen-bond acceptors (Lipinski definition) is 3. The highest BCUT2D eigenvalue weighted by molar-refractivity contribution is 5.88. The Bertz CT molecular complexity index is 611. The highest BCUT2D eigenvalue weighted by atomic mass is 19.1. The van der Waals surface area contributed by atoms with Crippen LogP contribution >= 0.6 is 0 Å². The average Bonchev–Trinajstić information content (AvgIpc) is 3.26. The van der Waals surface area contributed by atoms with Crippen LogP contribution in [-0.2, 0) is 19.7 Å². The van der Waals surface area contributed by atoms with Crippen molar-refractivity contribution in [3.8, 4) is 0 Å². The minimum absolute atomic E-state index is 0.151. The lowest BCUT2D eigenvalue weighted by molar-refractivity contribution is -0.188. The zero-order valence-electron chi connectivity index (χ0n) is 13.9. The van der Waals surface area contributed by atoms with Gasteiger partial charge in [-0.25, -0.2) is 4.39 Å². The van der Waals surface area contributed by atoms with Crippen molar-refractivity contribution >= 4 is 5.91 Å². The normalized spacial score (nSPS) is 25.3. The number of carbonyl (C=O) groups is 1. The van der Waals surface area contributed by atoms with E-state index in [-0.39, 0.29) is 11.7 Å². The van der Waals surface area contributed by atoms with Crippen molar-refractivity contribution in [3.05, 3.63) is 35.6 Å². The van der Waals surface area contributed by atoms with Crippen molar-refractivity contribution in [2.75, 3.05) is 26.3 Å². The van der Waals surface area contributed by atoms with E-state index in [9.17, 15) is 9.18 Å². The minimum Gasteiger partial charge on any atom is -0.347 e. The van der Waals surface area contributed by atoms with Crippen molar-refractivity contribution in [2.24, 2.45) is 0 Å². The number of nitrogens with zero attached hydrogens (tertiary/aromatic N) is 1. The summed E-state index contributed by atoms with van der Waals surface area (Å²) < 4.78 is 25.2. The molecular formula is C19H24FNO3. The first kappa shape index (κ1) is 16.0. The van der Waals surface area contributed by atoms with E-state index in [4.69, 9.17) is 9.47 Å². The van der Waals surface area contributed by atoms with Gasteiger partial charge in [-0.15, -0.1) is 0 Å². The van der Waals surface area contributed by atoms with Gasteiger partial charge in [-0.2, -0.15) is 0 Å². The molecule has 5 heteroatoms. The monoisotopic (exact) mass is 333 g/mol. The first-order valence-electron chi connectivity index (χ1n) is 8.97. The molecule has 1 aromatic carbocycles. The predicted molar refractivity (Wildman–Crippen MR) is 87.0 cm³/mol. The van der Waals surface area contributed by atoms with Crippen molar-refractivity contribution in [2.45, 2.75) is 49.7 Å². The number of amides is 1. The molecular weight excluding hydrogens is 309 g/mol. The Labute approximate surface area is 141 Å². The molecule has 0 bridgehead atoms. The summed E-state index contributed by atoms with van der Waals surface area (Å²) in [6.45, 7) is 2.58. The van der Waals surface area contributed by atoms with Gasteiger partial charge in [0, 0.05) is 25.9 Å². The molecule has 0 unspecified atom stereocenters. The molecule has 3 aliphatic rings. The molecule has 1 aromatic rings. The van der Waals surface area contributed by atoms with Gasteiger partial charge in [-0.05, 0) is 30.5 Å². The van der Waals surface area contributed by atoms with Crippen molar-refractivity contribution in [1.82, 2.24) is 4.90 Å². The fourth-order valence-corrected chi connectivity index (χ4v) is 4.53. The number of likely N-dealkylation sites (tertiary alicyclic amines) is 1. The van der Waals surface area contributed by atoms with Crippen molar-refractivity contribution in [3.63, 3.8) is 0 Å². The lowest BCUT2D eigenvalue weighted by atomic mass is 9.77. The van der Waals surface area contributed by atoms with E-state index in [1.165, 1.54) is 12.1 Å². The highest BCUT2D eigenvalue weighted by Gasteiger charge is 2.48. The van der Waals surface area contributed by atoms with Crippen LogP contribution in [0.4, 0.5) is 4.39 Å². The Morgan fingerprint density at radius 2 is 1.71 bits per heavy atom. The zero-order chi connectivity index (χ0) is 16.6. The Morgan fingerprint density at radius 1 is 1.04 bits per heavy atom. The second-order valence-electron chi connectivity index (χ2n) is 7.20. The Morgan fingerprint density at radius 3 is 2.33 bits per heavy atom. The molecule has 2 aliphatic heterocycles. The van der Waals surface area contributed by atoms with E-state index in [1.54, 1.807) is 6.07 Å². The van der Waals surface area contributed by atoms with Gasteiger partial charge < -0.3 is 14.4 Å². The number of ether oxygens (including phenoxy) is 2. The van der Waals surface area contributed by atoms with Crippen LogP contribution in [0.2, 0.25) is 0 Å². The molecule has 0 N–H and O–H groups in total. The quantitative estimate of drug-likeness (QED) is 0.835. The fourth-order valence-electron chi connectivity index (χ4n) is 4.53. The minimum atomic E-state index is -0.552. The third kappa shape index (κ3) is 2.64. The second kappa shape index (κ2) is 6.12. The molecule has 1 amide bonds. The van der Waals surface area contributed by atoms with Gasteiger partial charge in [0.25, 0.3) is 0 Å². The van der Waals surface area contributed by atoms with Gasteiger partial charge in [0.05, 0.1) is 18.6 Å².